The van der Waals surface area contributed by atoms with E-state index in [0.29, 0.717) is 32.9 Å². The molecule has 0 spiro atoms. The Kier molecular flexibility index (Phi) is 15.5. The van der Waals surface area contributed by atoms with Gasteiger partial charge in [0.05, 0.1) is 0 Å². The second kappa shape index (κ2) is 16.8. The zero-order valence-electron chi connectivity index (χ0n) is 18.9. The summed E-state index contributed by atoms with van der Waals surface area (Å²) >= 11 is 0. The van der Waals surface area contributed by atoms with E-state index in [1.54, 1.807) is 72.8 Å². The van der Waals surface area contributed by atoms with Crippen molar-refractivity contribution in [2.24, 2.45) is 0 Å². The van der Waals surface area contributed by atoms with Crippen LogP contribution in [0.1, 0.15) is 16.7 Å². The summed E-state index contributed by atoms with van der Waals surface area (Å²) in [5.41, 5.74) is 2.07. The van der Waals surface area contributed by atoms with E-state index >= 15 is 0 Å². The van der Waals surface area contributed by atoms with Crippen molar-refractivity contribution in [2.45, 2.75) is 0 Å². The third kappa shape index (κ3) is 21.0. The van der Waals surface area contributed by atoms with E-state index in [2.05, 4.69) is 0 Å². The molecule has 13 heteroatoms. The van der Waals surface area contributed by atoms with Gasteiger partial charge in [0.2, 0.25) is 0 Å². The summed E-state index contributed by atoms with van der Waals surface area (Å²) in [5, 5.41) is 1.92. The van der Waals surface area contributed by atoms with Gasteiger partial charge in [0.15, 0.2) is 0 Å². The van der Waals surface area contributed by atoms with Crippen LogP contribution in [0.3, 0.4) is 0 Å². The molecule has 0 aromatic heterocycles. The SMILES string of the molecule is O=S(=O)([O-])C=Cc1ccccc1.O=S(=O)([O-])C=Cc1ccccc1.O=S(=O)([O-])C=Cc1ccccc1.[Fe+3]. The summed E-state index contributed by atoms with van der Waals surface area (Å²) in [6.07, 6.45) is 3.80. The molecule has 0 saturated carbocycles. The molecule has 197 valence electrons. The van der Waals surface area contributed by atoms with Crippen LogP contribution in [-0.4, -0.2) is 38.9 Å². The van der Waals surface area contributed by atoms with E-state index in [0.717, 1.165) is 0 Å². The van der Waals surface area contributed by atoms with Crippen molar-refractivity contribution in [1.29, 1.82) is 0 Å². The Morgan fingerprint density at radius 3 is 0.757 bits per heavy atom. The molecule has 3 aromatic rings. The minimum atomic E-state index is -4.25. The molecule has 0 aliphatic rings. The van der Waals surface area contributed by atoms with Crippen molar-refractivity contribution in [1.82, 2.24) is 0 Å². The van der Waals surface area contributed by atoms with Crippen molar-refractivity contribution < 1.29 is 56.0 Å². The summed E-state index contributed by atoms with van der Waals surface area (Å²) in [7, 11) is -12.8. The molecule has 0 amide bonds. The maximum Gasteiger partial charge on any atom is 3.00 e. The monoisotopic (exact) mass is 605 g/mol. The number of hydrogen-bond acceptors (Lipinski definition) is 9. The fourth-order valence-corrected chi connectivity index (χ4v) is 3.15. The Morgan fingerprint density at radius 1 is 0.405 bits per heavy atom. The van der Waals surface area contributed by atoms with Crippen molar-refractivity contribution >= 4 is 48.6 Å². The summed E-state index contributed by atoms with van der Waals surface area (Å²) < 4.78 is 91.5. The molecule has 0 saturated heterocycles. The first kappa shape index (κ1) is 34.1. The molecule has 3 rings (SSSR count). The molecule has 37 heavy (non-hydrogen) atoms. The maximum atomic E-state index is 10.2. The zero-order chi connectivity index (χ0) is 27.1. The Hall–Kier alpha value is -2.87. The fourth-order valence-electron chi connectivity index (χ4n) is 2.18. The van der Waals surface area contributed by atoms with Crippen molar-refractivity contribution in [2.75, 3.05) is 0 Å². The topological polar surface area (TPSA) is 172 Å². The second-order valence-corrected chi connectivity index (χ2v) is 10.4. The van der Waals surface area contributed by atoms with Crippen LogP contribution in [-0.2, 0) is 47.4 Å². The summed E-state index contributed by atoms with van der Waals surface area (Å²) in [6, 6.07) is 26.3. The average molecular weight is 605 g/mol. The van der Waals surface area contributed by atoms with E-state index in [-0.39, 0.29) is 17.1 Å². The number of rotatable bonds is 6. The Bertz CT molecular complexity index is 1280. The molecular formula is C24H21FeO9S3. The van der Waals surface area contributed by atoms with E-state index in [1.807, 2.05) is 18.2 Å². The third-order valence-electron chi connectivity index (χ3n) is 3.68. The van der Waals surface area contributed by atoms with Gasteiger partial charge in [0, 0.05) is 16.2 Å². The molecular weight excluding hydrogens is 584 g/mol. The molecule has 0 fully saturated rings. The summed E-state index contributed by atoms with van der Waals surface area (Å²) in [5.74, 6) is 0. The van der Waals surface area contributed by atoms with Crippen molar-refractivity contribution in [3.05, 3.63) is 124 Å². The molecule has 0 heterocycles. The largest absolute Gasteiger partial charge is 3.00 e. The minimum Gasteiger partial charge on any atom is -0.744 e. The van der Waals surface area contributed by atoms with Gasteiger partial charge in [-0.15, -0.1) is 0 Å². The van der Waals surface area contributed by atoms with Crippen LogP contribution in [0.25, 0.3) is 18.2 Å². The van der Waals surface area contributed by atoms with Crippen LogP contribution in [0.15, 0.2) is 107 Å². The number of benzene rings is 3. The first-order chi connectivity index (χ1) is 16.7. The third-order valence-corrected chi connectivity index (χ3v) is 5.09. The molecule has 0 aliphatic heterocycles. The van der Waals surface area contributed by atoms with Crippen molar-refractivity contribution in [3.63, 3.8) is 0 Å². The van der Waals surface area contributed by atoms with Crippen LogP contribution < -0.4 is 0 Å². The predicted octanol–water partition coefficient (Wildman–Crippen LogP) is 3.61. The Morgan fingerprint density at radius 2 is 0.595 bits per heavy atom. The van der Waals surface area contributed by atoms with Gasteiger partial charge in [0.25, 0.3) is 0 Å². The second-order valence-electron chi connectivity index (χ2n) is 6.62. The van der Waals surface area contributed by atoms with Gasteiger partial charge in [-0.2, -0.15) is 0 Å². The molecule has 0 unspecified atom stereocenters. The van der Waals surface area contributed by atoms with Gasteiger partial charge in [-0.3, -0.25) is 0 Å². The molecule has 9 nitrogen and oxygen atoms in total. The molecule has 3 aromatic carbocycles. The van der Waals surface area contributed by atoms with Gasteiger partial charge in [-0.1, -0.05) is 91.0 Å². The van der Waals surface area contributed by atoms with E-state index in [9.17, 15) is 38.9 Å². The smallest absolute Gasteiger partial charge is 0.744 e. The normalized spacial score (nSPS) is 11.8. The van der Waals surface area contributed by atoms with Crippen LogP contribution in [0.4, 0.5) is 0 Å². The Labute approximate surface area is 227 Å². The standard InChI is InChI=1S/3C8H8O3S.Fe/c3*9-12(10,11)7-6-8-4-2-1-3-5-8;/h3*1-7H,(H,9,10,11);/q;;;+3/p-3. The van der Waals surface area contributed by atoms with E-state index < -0.39 is 30.4 Å². The molecule has 1 radical (unpaired) electrons. The molecule has 0 atom stereocenters. The van der Waals surface area contributed by atoms with Crippen LogP contribution in [0.2, 0.25) is 0 Å². The van der Waals surface area contributed by atoms with Crippen LogP contribution in [0.5, 0.6) is 0 Å². The van der Waals surface area contributed by atoms with Crippen LogP contribution >= 0.6 is 0 Å². The first-order valence-electron chi connectivity index (χ1n) is 9.81. The van der Waals surface area contributed by atoms with Crippen LogP contribution in [0, 0.1) is 0 Å². The maximum absolute atomic E-state index is 10.2. The van der Waals surface area contributed by atoms with Gasteiger partial charge < -0.3 is 13.7 Å². The van der Waals surface area contributed by atoms with Gasteiger partial charge in [-0.05, 0) is 34.9 Å². The van der Waals surface area contributed by atoms with E-state index in [4.69, 9.17) is 0 Å². The zero-order valence-corrected chi connectivity index (χ0v) is 22.4. The van der Waals surface area contributed by atoms with E-state index in [1.165, 1.54) is 18.2 Å². The minimum absolute atomic E-state index is 0. The van der Waals surface area contributed by atoms with Gasteiger partial charge >= 0.3 is 17.1 Å². The van der Waals surface area contributed by atoms with Crippen molar-refractivity contribution in [3.8, 4) is 0 Å². The fraction of sp³-hybridized carbons (Fsp3) is 0. The summed E-state index contributed by atoms with van der Waals surface area (Å²) in [4.78, 5) is 0. The van der Waals surface area contributed by atoms with Gasteiger partial charge in [0.1, 0.15) is 30.4 Å². The molecule has 0 aliphatic carbocycles. The number of hydrogen-bond donors (Lipinski definition) is 0. The van der Waals surface area contributed by atoms with Gasteiger partial charge in [-0.25, -0.2) is 25.3 Å². The first-order valence-corrected chi connectivity index (χ1v) is 14.2. The average Bonchev–Trinajstić information content (AvgIpc) is 2.82. The summed E-state index contributed by atoms with van der Waals surface area (Å²) in [6.45, 7) is 0. The predicted molar refractivity (Wildman–Crippen MR) is 136 cm³/mol. The Balaban J connectivity index is 0.000000518. The quantitative estimate of drug-likeness (QED) is 0.301. The molecule has 0 N–H and O–H groups in total. The molecule has 0 bridgehead atoms.